The summed E-state index contributed by atoms with van der Waals surface area (Å²) in [4.78, 5) is 14.5. The lowest BCUT2D eigenvalue weighted by Crippen LogP contribution is -2.40. The van der Waals surface area contributed by atoms with Gasteiger partial charge in [0.25, 0.3) is 5.91 Å². The van der Waals surface area contributed by atoms with Crippen LogP contribution in [0.2, 0.25) is 0 Å². The maximum Gasteiger partial charge on any atom is 0.253 e. The summed E-state index contributed by atoms with van der Waals surface area (Å²) >= 11 is 0. The average Bonchev–Trinajstić information content (AvgIpc) is 2.54. The number of nitrogens with zero attached hydrogens (tertiary/aromatic N) is 1. The van der Waals surface area contributed by atoms with Gasteiger partial charge in [-0.2, -0.15) is 0 Å². The van der Waals surface area contributed by atoms with Crippen molar-refractivity contribution in [2.45, 2.75) is 51.6 Å². The van der Waals surface area contributed by atoms with Crippen LogP contribution in [-0.4, -0.2) is 31.8 Å². The number of aryl methyl sites for hydroxylation is 2. The molecule has 146 valence electrons. The largest absolute Gasteiger partial charge is 0.337 e. The van der Waals surface area contributed by atoms with E-state index in [0.29, 0.717) is 12.1 Å². The number of rotatable bonds is 5. The summed E-state index contributed by atoms with van der Waals surface area (Å²) in [7, 11) is -1.87. The molecule has 2 aromatic rings. The highest BCUT2D eigenvalue weighted by Crippen LogP contribution is 2.17. The molecule has 1 N–H and O–H groups in total. The van der Waals surface area contributed by atoms with E-state index in [4.69, 9.17) is 0 Å². The van der Waals surface area contributed by atoms with Crippen molar-refractivity contribution in [3.05, 3.63) is 64.7 Å². The van der Waals surface area contributed by atoms with E-state index in [9.17, 15) is 13.2 Å². The highest BCUT2D eigenvalue weighted by atomic mass is 32.2. The van der Waals surface area contributed by atoms with Crippen LogP contribution >= 0.6 is 0 Å². The Morgan fingerprint density at radius 2 is 1.63 bits per heavy atom. The minimum absolute atomic E-state index is 0.144. The fourth-order valence-corrected chi connectivity index (χ4v) is 4.23. The molecule has 0 saturated heterocycles. The first-order valence-corrected chi connectivity index (χ1v) is 10.3. The Balaban J connectivity index is 2.15. The third-order valence-corrected chi connectivity index (χ3v) is 5.88. The second-order valence-electron chi connectivity index (χ2n) is 7.97. The van der Waals surface area contributed by atoms with Crippen molar-refractivity contribution >= 4 is 15.9 Å². The van der Waals surface area contributed by atoms with E-state index in [0.717, 1.165) is 11.1 Å². The van der Waals surface area contributed by atoms with Crippen molar-refractivity contribution in [1.82, 2.24) is 9.62 Å². The van der Waals surface area contributed by atoms with Crippen LogP contribution in [-0.2, 0) is 16.6 Å². The maximum atomic E-state index is 12.7. The Morgan fingerprint density at radius 3 is 2.15 bits per heavy atom. The number of hydrogen-bond acceptors (Lipinski definition) is 3. The third-order valence-electron chi connectivity index (χ3n) is 4.10. The first-order chi connectivity index (χ1) is 12.4. The highest BCUT2D eigenvalue weighted by molar-refractivity contribution is 7.89. The van der Waals surface area contributed by atoms with E-state index in [2.05, 4.69) is 10.8 Å². The molecule has 0 heterocycles. The van der Waals surface area contributed by atoms with Gasteiger partial charge in [-0.25, -0.2) is 13.1 Å². The highest BCUT2D eigenvalue weighted by Gasteiger charge is 2.22. The predicted octanol–water partition coefficient (Wildman–Crippen LogP) is 3.65. The molecule has 0 atom stereocenters. The molecule has 0 bridgehead atoms. The summed E-state index contributed by atoms with van der Waals surface area (Å²) in [6.45, 7) is 9.91. The molecular formula is C21H28N2O3S. The van der Waals surface area contributed by atoms with Gasteiger partial charge in [-0.1, -0.05) is 23.8 Å². The van der Waals surface area contributed by atoms with E-state index >= 15 is 0 Å². The molecule has 0 aliphatic rings. The number of carbonyl (C=O) groups excluding carboxylic acids is 1. The van der Waals surface area contributed by atoms with Gasteiger partial charge in [0.05, 0.1) is 4.90 Å². The minimum Gasteiger partial charge on any atom is -0.337 e. The van der Waals surface area contributed by atoms with Gasteiger partial charge in [0.1, 0.15) is 0 Å². The Bertz CT molecular complexity index is 927. The van der Waals surface area contributed by atoms with Crippen molar-refractivity contribution in [3.63, 3.8) is 0 Å². The molecule has 6 heteroatoms. The molecule has 0 aliphatic heterocycles. The van der Waals surface area contributed by atoms with Crippen LogP contribution in [0.4, 0.5) is 0 Å². The van der Waals surface area contributed by atoms with Crippen LogP contribution in [0, 0.1) is 13.8 Å². The van der Waals surface area contributed by atoms with Crippen molar-refractivity contribution in [2.24, 2.45) is 0 Å². The molecular weight excluding hydrogens is 360 g/mol. The first-order valence-electron chi connectivity index (χ1n) is 8.85. The SMILES string of the molecule is Cc1ccc(CN(C)C(=O)c2ccc(S(=O)(=O)NC(C)(C)C)cc2)c(C)c1. The van der Waals surface area contributed by atoms with Crippen LogP contribution in [0.1, 0.15) is 47.8 Å². The van der Waals surface area contributed by atoms with Gasteiger partial charge in [0.2, 0.25) is 10.0 Å². The van der Waals surface area contributed by atoms with E-state index in [1.807, 2.05) is 26.0 Å². The van der Waals surface area contributed by atoms with Crippen LogP contribution in [0.3, 0.4) is 0 Å². The summed E-state index contributed by atoms with van der Waals surface area (Å²) in [6, 6.07) is 12.2. The zero-order chi connectivity index (χ0) is 20.4. The van der Waals surface area contributed by atoms with Gasteiger partial charge in [-0.05, 0) is 70.0 Å². The molecule has 1 amide bonds. The number of amides is 1. The summed E-state index contributed by atoms with van der Waals surface area (Å²) in [5.41, 5.74) is 3.30. The summed E-state index contributed by atoms with van der Waals surface area (Å²) < 4.78 is 27.3. The zero-order valence-electron chi connectivity index (χ0n) is 16.8. The summed E-state index contributed by atoms with van der Waals surface area (Å²) in [5, 5.41) is 0. The smallest absolute Gasteiger partial charge is 0.253 e. The Kier molecular flexibility index (Phi) is 6.12. The predicted molar refractivity (Wildman–Crippen MR) is 108 cm³/mol. The molecule has 0 saturated carbocycles. The fraction of sp³-hybridized carbons (Fsp3) is 0.381. The normalized spacial score (nSPS) is 12.1. The number of carbonyl (C=O) groups is 1. The van der Waals surface area contributed by atoms with E-state index < -0.39 is 15.6 Å². The lowest BCUT2D eigenvalue weighted by molar-refractivity contribution is 0.0785. The van der Waals surface area contributed by atoms with E-state index in [1.54, 1.807) is 44.9 Å². The topological polar surface area (TPSA) is 66.5 Å². The molecule has 0 aliphatic carbocycles. The third kappa shape index (κ3) is 5.65. The molecule has 0 aromatic heterocycles. The van der Waals surface area contributed by atoms with Gasteiger partial charge < -0.3 is 4.90 Å². The molecule has 5 nitrogen and oxygen atoms in total. The molecule has 0 unspecified atom stereocenters. The molecule has 0 fully saturated rings. The van der Waals surface area contributed by atoms with Gasteiger partial charge in [0.15, 0.2) is 0 Å². The van der Waals surface area contributed by atoms with Gasteiger partial charge >= 0.3 is 0 Å². The quantitative estimate of drug-likeness (QED) is 0.850. The van der Waals surface area contributed by atoms with Gasteiger partial charge in [0, 0.05) is 24.7 Å². The average molecular weight is 389 g/mol. The van der Waals surface area contributed by atoms with Crippen LogP contribution in [0.25, 0.3) is 0 Å². The lowest BCUT2D eigenvalue weighted by Gasteiger charge is -2.21. The summed E-state index contributed by atoms with van der Waals surface area (Å²) in [6.07, 6.45) is 0. The van der Waals surface area contributed by atoms with Crippen molar-refractivity contribution in [3.8, 4) is 0 Å². The first kappa shape index (κ1) is 21.1. The maximum absolute atomic E-state index is 12.7. The van der Waals surface area contributed by atoms with Crippen LogP contribution in [0.15, 0.2) is 47.4 Å². The number of nitrogens with one attached hydrogen (secondary N) is 1. The van der Waals surface area contributed by atoms with Crippen molar-refractivity contribution in [2.75, 3.05) is 7.05 Å². The summed E-state index contributed by atoms with van der Waals surface area (Å²) in [5.74, 6) is -0.150. The molecule has 0 radical (unpaired) electrons. The minimum atomic E-state index is -3.61. The van der Waals surface area contributed by atoms with E-state index in [1.165, 1.54) is 17.7 Å². The van der Waals surface area contributed by atoms with Crippen LogP contribution < -0.4 is 4.72 Å². The lowest BCUT2D eigenvalue weighted by atomic mass is 10.1. The number of hydrogen-bond donors (Lipinski definition) is 1. The molecule has 0 spiro atoms. The second-order valence-corrected chi connectivity index (χ2v) is 9.65. The monoisotopic (exact) mass is 388 g/mol. The van der Waals surface area contributed by atoms with E-state index in [-0.39, 0.29) is 10.8 Å². The Morgan fingerprint density at radius 1 is 1.04 bits per heavy atom. The standard InChI is InChI=1S/C21H28N2O3S/c1-15-7-8-18(16(2)13-15)14-23(6)20(24)17-9-11-19(12-10-17)27(25,26)22-21(3,4)5/h7-13,22H,14H2,1-6H3. The number of benzene rings is 2. The fourth-order valence-electron chi connectivity index (χ4n) is 2.81. The van der Waals surface area contributed by atoms with Crippen LogP contribution in [0.5, 0.6) is 0 Å². The molecule has 2 aromatic carbocycles. The second kappa shape index (κ2) is 7.82. The zero-order valence-corrected chi connectivity index (χ0v) is 17.6. The van der Waals surface area contributed by atoms with Gasteiger partial charge in [-0.3, -0.25) is 4.79 Å². The Hall–Kier alpha value is -2.18. The Labute approximate surface area is 162 Å². The van der Waals surface area contributed by atoms with Crippen molar-refractivity contribution < 1.29 is 13.2 Å². The molecule has 2 rings (SSSR count). The van der Waals surface area contributed by atoms with Crippen molar-refractivity contribution in [1.29, 1.82) is 0 Å². The number of sulfonamides is 1. The van der Waals surface area contributed by atoms with Gasteiger partial charge in [-0.15, -0.1) is 0 Å². The molecule has 27 heavy (non-hydrogen) atoms.